The van der Waals surface area contributed by atoms with Crippen molar-refractivity contribution in [3.05, 3.63) is 48.0 Å². The molecule has 5 heteroatoms. The van der Waals surface area contributed by atoms with E-state index >= 15 is 0 Å². The van der Waals surface area contributed by atoms with Crippen LogP contribution >= 0.6 is 0 Å². The number of amides is 1. The van der Waals surface area contributed by atoms with E-state index in [1.54, 1.807) is 12.1 Å². The normalized spacial score (nSPS) is 17.4. The Hall–Kier alpha value is -2.30. The van der Waals surface area contributed by atoms with Gasteiger partial charge in [0.15, 0.2) is 0 Å². The lowest BCUT2D eigenvalue weighted by Crippen LogP contribution is -2.44. The van der Waals surface area contributed by atoms with E-state index in [4.69, 9.17) is 0 Å². The van der Waals surface area contributed by atoms with Crippen LogP contribution in [0.2, 0.25) is 0 Å². The first kappa shape index (κ1) is 18.5. The standard InChI is InChI=1S/C21H29N3O2/c1-2-20-22-13-16-23(20)15-12-21(26)24-14-4-3-5-18(24)9-6-17-7-10-19(25)11-8-17/h7-8,10-11,13,16,18,25H,2-6,9,12,14-15H2,1H3/t18-/m1/s1. The molecule has 1 saturated heterocycles. The van der Waals surface area contributed by atoms with Gasteiger partial charge in [0.1, 0.15) is 11.6 Å². The van der Waals surface area contributed by atoms with Gasteiger partial charge in [0.2, 0.25) is 5.91 Å². The van der Waals surface area contributed by atoms with E-state index in [0.717, 1.165) is 44.5 Å². The van der Waals surface area contributed by atoms with Gasteiger partial charge in [-0.05, 0) is 49.8 Å². The zero-order chi connectivity index (χ0) is 18.4. The number of phenolic OH excluding ortho intramolecular Hbond substituents is 1. The van der Waals surface area contributed by atoms with Crippen LogP contribution in [0.4, 0.5) is 0 Å². The van der Waals surface area contributed by atoms with Crippen molar-refractivity contribution in [3.8, 4) is 5.75 Å². The Morgan fingerprint density at radius 3 is 2.85 bits per heavy atom. The second kappa shape index (κ2) is 8.88. The second-order valence-corrected chi connectivity index (χ2v) is 7.08. The topological polar surface area (TPSA) is 58.4 Å². The number of benzene rings is 1. The van der Waals surface area contributed by atoms with Gasteiger partial charge >= 0.3 is 0 Å². The van der Waals surface area contributed by atoms with Crippen molar-refractivity contribution < 1.29 is 9.90 Å². The van der Waals surface area contributed by atoms with Gasteiger partial charge in [-0.3, -0.25) is 4.79 Å². The lowest BCUT2D eigenvalue weighted by atomic mass is 9.95. The van der Waals surface area contributed by atoms with Crippen molar-refractivity contribution in [2.24, 2.45) is 0 Å². The minimum Gasteiger partial charge on any atom is -0.508 e. The van der Waals surface area contributed by atoms with Crippen molar-refractivity contribution in [1.29, 1.82) is 0 Å². The fraction of sp³-hybridized carbons (Fsp3) is 0.524. The lowest BCUT2D eigenvalue weighted by molar-refractivity contribution is -0.135. The predicted octanol–water partition coefficient (Wildman–Crippen LogP) is 3.56. The van der Waals surface area contributed by atoms with Gasteiger partial charge in [-0.2, -0.15) is 0 Å². The number of aromatic hydroxyl groups is 1. The first-order valence-electron chi connectivity index (χ1n) is 9.74. The van der Waals surface area contributed by atoms with Gasteiger partial charge in [-0.25, -0.2) is 4.98 Å². The second-order valence-electron chi connectivity index (χ2n) is 7.08. The molecule has 26 heavy (non-hydrogen) atoms. The fourth-order valence-electron chi connectivity index (χ4n) is 3.84. The summed E-state index contributed by atoms with van der Waals surface area (Å²) >= 11 is 0. The predicted molar refractivity (Wildman–Crippen MR) is 102 cm³/mol. The largest absolute Gasteiger partial charge is 0.508 e. The molecule has 0 saturated carbocycles. The van der Waals surface area contributed by atoms with Gasteiger partial charge < -0.3 is 14.6 Å². The molecular weight excluding hydrogens is 326 g/mol. The summed E-state index contributed by atoms with van der Waals surface area (Å²) in [5.74, 6) is 1.60. The van der Waals surface area contributed by atoms with E-state index in [2.05, 4.69) is 21.4 Å². The molecule has 1 aliphatic rings. The van der Waals surface area contributed by atoms with E-state index in [1.807, 2.05) is 24.5 Å². The summed E-state index contributed by atoms with van der Waals surface area (Å²) in [4.78, 5) is 19.3. The summed E-state index contributed by atoms with van der Waals surface area (Å²) in [7, 11) is 0. The SMILES string of the molecule is CCc1nccn1CCC(=O)N1CCCC[C@@H]1CCc1ccc(O)cc1. The van der Waals surface area contributed by atoms with Crippen LogP contribution < -0.4 is 0 Å². The van der Waals surface area contributed by atoms with Crippen LogP contribution in [0.5, 0.6) is 5.75 Å². The van der Waals surface area contributed by atoms with Gasteiger partial charge in [0.25, 0.3) is 0 Å². The van der Waals surface area contributed by atoms with E-state index in [9.17, 15) is 9.90 Å². The average molecular weight is 355 g/mol. The summed E-state index contributed by atoms with van der Waals surface area (Å²) in [5, 5.41) is 9.40. The Bertz CT molecular complexity index is 708. The van der Waals surface area contributed by atoms with Gasteiger partial charge in [0.05, 0.1) is 0 Å². The third kappa shape index (κ3) is 4.65. The molecule has 1 atom stereocenters. The number of likely N-dealkylation sites (tertiary alicyclic amines) is 1. The number of piperidine rings is 1. The molecule has 3 rings (SSSR count). The lowest BCUT2D eigenvalue weighted by Gasteiger charge is -2.36. The Morgan fingerprint density at radius 2 is 2.08 bits per heavy atom. The smallest absolute Gasteiger partial charge is 0.224 e. The highest BCUT2D eigenvalue weighted by Crippen LogP contribution is 2.23. The quantitative estimate of drug-likeness (QED) is 0.826. The number of rotatable bonds is 7. The van der Waals surface area contributed by atoms with E-state index in [1.165, 1.54) is 12.0 Å². The Morgan fingerprint density at radius 1 is 1.27 bits per heavy atom. The number of hydrogen-bond acceptors (Lipinski definition) is 3. The van der Waals surface area contributed by atoms with Crippen LogP contribution in [0.25, 0.3) is 0 Å². The minimum absolute atomic E-state index is 0.260. The Kier molecular flexibility index (Phi) is 6.31. The highest BCUT2D eigenvalue weighted by atomic mass is 16.3. The first-order valence-corrected chi connectivity index (χ1v) is 9.74. The fourth-order valence-corrected chi connectivity index (χ4v) is 3.84. The maximum atomic E-state index is 12.8. The summed E-state index contributed by atoms with van der Waals surface area (Å²) < 4.78 is 2.09. The zero-order valence-electron chi connectivity index (χ0n) is 15.6. The minimum atomic E-state index is 0.260. The molecule has 0 bridgehead atoms. The van der Waals surface area contributed by atoms with Crippen LogP contribution in [-0.2, 0) is 24.2 Å². The number of aryl methyl sites for hydroxylation is 3. The number of carbonyl (C=O) groups is 1. The molecule has 1 N–H and O–H groups in total. The number of imidazole rings is 1. The van der Waals surface area contributed by atoms with Crippen molar-refractivity contribution in [1.82, 2.24) is 14.5 Å². The molecule has 1 aromatic heterocycles. The third-order valence-corrected chi connectivity index (χ3v) is 5.33. The Labute approximate surface area is 155 Å². The molecule has 2 aromatic rings. The first-order chi connectivity index (χ1) is 12.7. The van der Waals surface area contributed by atoms with Crippen LogP contribution in [0.15, 0.2) is 36.7 Å². The van der Waals surface area contributed by atoms with Crippen LogP contribution in [0.1, 0.15) is 50.4 Å². The van der Waals surface area contributed by atoms with E-state index in [-0.39, 0.29) is 5.91 Å². The maximum Gasteiger partial charge on any atom is 0.224 e. The van der Waals surface area contributed by atoms with E-state index in [0.29, 0.717) is 24.8 Å². The van der Waals surface area contributed by atoms with Gasteiger partial charge in [0, 0.05) is 44.4 Å². The van der Waals surface area contributed by atoms with E-state index < -0.39 is 0 Å². The molecule has 0 radical (unpaired) electrons. The van der Waals surface area contributed by atoms with Crippen LogP contribution in [-0.4, -0.2) is 38.1 Å². The van der Waals surface area contributed by atoms with Gasteiger partial charge in [-0.1, -0.05) is 19.1 Å². The summed E-state index contributed by atoms with van der Waals surface area (Å²) in [5.41, 5.74) is 1.21. The molecule has 0 unspecified atom stereocenters. The molecule has 1 fully saturated rings. The number of aromatic nitrogens is 2. The van der Waals surface area contributed by atoms with Gasteiger partial charge in [-0.15, -0.1) is 0 Å². The highest BCUT2D eigenvalue weighted by Gasteiger charge is 2.26. The van der Waals surface area contributed by atoms with Crippen molar-refractivity contribution in [3.63, 3.8) is 0 Å². The molecule has 1 aliphatic heterocycles. The number of carbonyl (C=O) groups excluding carboxylic acids is 1. The molecule has 0 spiro atoms. The monoisotopic (exact) mass is 355 g/mol. The molecule has 1 amide bonds. The molecule has 0 aliphatic carbocycles. The number of hydrogen-bond donors (Lipinski definition) is 1. The van der Waals surface area contributed by atoms with Crippen molar-refractivity contribution in [2.75, 3.05) is 6.54 Å². The average Bonchev–Trinajstić information content (AvgIpc) is 3.13. The number of phenols is 1. The molecule has 1 aromatic carbocycles. The van der Waals surface area contributed by atoms with Crippen molar-refractivity contribution >= 4 is 5.91 Å². The summed E-state index contributed by atoms with van der Waals surface area (Å²) in [6.07, 6.45) is 10.5. The molecular formula is C21H29N3O2. The molecule has 2 heterocycles. The molecule has 140 valence electrons. The Balaban J connectivity index is 1.55. The summed E-state index contributed by atoms with van der Waals surface area (Å²) in [6, 6.07) is 7.73. The summed E-state index contributed by atoms with van der Waals surface area (Å²) in [6.45, 7) is 3.68. The van der Waals surface area contributed by atoms with Crippen LogP contribution in [0, 0.1) is 0 Å². The van der Waals surface area contributed by atoms with Crippen LogP contribution in [0.3, 0.4) is 0 Å². The number of nitrogens with zero attached hydrogens (tertiary/aromatic N) is 3. The highest BCUT2D eigenvalue weighted by molar-refractivity contribution is 5.76. The third-order valence-electron chi connectivity index (χ3n) is 5.33. The zero-order valence-corrected chi connectivity index (χ0v) is 15.6. The van der Waals surface area contributed by atoms with Crippen molar-refractivity contribution in [2.45, 2.75) is 64.5 Å². The maximum absolute atomic E-state index is 12.8. The molecule has 5 nitrogen and oxygen atoms in total.